The van der Waals surface area contributed by atoms with E-state index in [9.17, 15) is 22.8 Å². The molecule has 1 amide bonds. The zero-order chi connectivity index (χ0) is 25.6. The van der Waals surface area contributed by atoms with E-state index in [1.54, 1.807) is 30.5 Å². The highest BCUT2D eigenvalue weighted by Gasteiger charge is 2.30. The highest BCUT2D eigenvalue weighted by molar-refractivity contribution is 7.11. The number of rotatable bonds is 4. The number of halogens is 3. The van der Waals surface area contributed by atoms with Gasteiger partial charge in [-0.05, 0) is 73.8 Å². The van der Waals surface area contributed by atoms with Crippen molar-refractivity contribution >= 4 is 38.9 Å². The number of carbonyl (C=O) groups excluding carboxylic acids is 1. The third kappa shape index (κ3) is 4.15. The number of nitrogens with one attached hydrogen (secondary N) is 1. The van der Waals surface area contributed by atoms with Gasteiger partial charge in [0, 0.05) is 33.1 Å². The van der Waals surface area contributed by atoms with Crippen LogP contribution in [0.5, 0.6) is 0 Å². The molecule has 9 heteroatoms. The summed E-state index contributed by atoms with van der Waals surface area (Å²) in [4.78, 5) is 31.6. The summed E-state index contributed by atoms with van der Waals surface area (Å²) in [6, 6.07) is 14.6. The van der Waals surface area contributed by atoms with Gasteiger partial charge in [-0.1, -0.05) is 6.07 Å². The molecule has 3 aromatic heterocycles. The number of pyridine rings is 2. The van der Waals surface area contributed by atoms with Gasteiger partial charge in [-0.15, -0.1) is 11.3 Å². The number of aromatic nitrogens is 2. The summed E-state index contributed by atoms with van der Waals surface area (Å²) in [6.45, 7) is 3.66. The summed E-state index contributed by atoms with van der Waals surface area (Å²) in [5.74, 6) is -0.303. The minimum atomic E-state index is -4.48. The molecule has 5 aromatic rings. The molecule has 0 saturated heterocycles. The van der Waals surface area contributed by atoms with E-state index in [0.717, 1.165) is 22.7 Å². The normalized spacial score (nSPS) is 12.7. The van der Waals surface area contributed by atoms with Crippen molar-refractivity contribution in [2.75, 3.05) is 0 Å². The first-order chi connectivity index (χ1) is 17.1. The second-order valence-electron chi connectivity index (χ2n) is 8.45. The molecule has 0 aliphatic rings. The molecule has 0 radical (unpaired) electrons. The van der Waals surface area contributed by atoms with Gasteiger partial charge in [-0.25, -0.2) is 0 Å². The van der Waals surface area contributed by atoms with Crippen LogP contribution in [0.3, 0.4) is 0 Å². The SMILES string of the molecule is Cc1scc2c1c(=O)n(-c1ccc(C(F)(F)F)cc1)c1ccc(C(=O)N[C@@H](C)c3ccccn3)cc21. The Morgan fingerprint density at radius 2 is 1.81 bits per heavy atom. The number of hydrogen-bond acceptors (Lipinski definition) is 4. The molecule has 2 aromatic carbocycles. The van der Waals surface area contributed by atoms with E-state index >= 15 is 0 Å². The summed E-state index contributed by atoms with van der Waals surface area (Å²) in [6.07, 6.45) is -2.82. The standard InChI is InChI=1S/C27H20F3N3O2S/c1-15(22-5-3-4-12-31-22)32-25(34)17-6-11-23-20(13-17)21-14-36-16(2)24(21)26(35)33(23)19-9-7-18(8-10-19)27(28,29)30/h3-15H,1-2H3,(H,32,34)/t15-/m0/s1. The first kappa shape index (κ1) is 23.7. The molecule has 0 bridgehead atoms. The van der Waals surface area contributed by atoms with Crippen molar-refractivity contribution in [2.45, 2.75) is 26.1 Å². The largest absolute Gasteiger partial charge is 0.416 e. The van der Waals surface area contributed by atoms with Crippen molar-refractivity contribution in [1.29, 1.82) is 0 Å². The summed E-state index contributed by atoms with van der Waals surface area (Å²) in [5, 5.41) is 6.64. The van der Waals surface area contributed by atoms with Gasteiger partial charge in [-0.2, -0.15) is 13.2 Å². The van der Waals surface area contributed by atoms with Crippen LogP contribution in [0, 0.1) is 6.92 Å². The Balaban J connectivity index is 1.64. The molecule has 1 N–H and O–H groups in total. The van der Waals surface area contributed by atoms with Crippen molar-refractivity contribution in [1.82, 2.24) is 14.9 Å². The van der Waals surface area contributed by atoms with Crippen LogP contribution in [0.2, 0.25) is 0 Å². The van der Waals surface area contributed by atoms with Gasteiger partial charge in [0.1, 0.15) is 0 Å². The summed E-state index contributed by atoms with van der Waals surface area (Å²) < 4.78 is 40.6. The average Bonchev–Trinajstić information content (AvgIpc) is 3.26. The van der Waals surface area contributed by atoms with E-state index in [4.69, 9.17) is 0 Å². The summed E-state index contributed by atoms with van der Waals surface area (Å²) >= 11 is 1.41. The van der Waals surface area contributed by atoms with Gasteiger partial charge in [-0.3, -0.25) is 19.1 Å². The van der Waals surface area contributed by atoms with Crippen LogP contribution in [0.1, 0.15) is 39.5 Å². The Hall–Kier alpha value is -3.98. The molecule has 0 saturated carbocycles. The van der Waals surface area contributed by atoms with E-state index in [0.29, 0.717) is 32.9 Å². The van der Waals surface area contributed by atoms with E-state index in [1.807, 2.05) is 31.4 Å². The fourth-order valence-corrected chi connectivity index (χ4v) is 5.12. The quantitative estimate of drug-likeness (QED) is 0.305. The van der Waals surface area contributed by atoms with Crippen LogP contribution in [0.25, 0.3) is 27.4 Å². The van der Waals surface area contributed by atoms with Gasteiger partial charge in [0.25, 0.3) is 11.5 Å². The Kier molecular flexibility index (Phi) is 5.88. The lowest BCUT2D eigenvalue weighted by Crippen LogP contribution is -2.27. The second kappa shape index (κ2) is 8.91. The molecule has 0 aliphatic heterocycles. The zero-order valence-corrected chi connectivity index (χ0v) is 20.1. The number of nitrogens with zero attached hydrogens (tertiary/aromatic N) is 2. The maximum absolute atomic E-state index is 13.5. The number of alkyl halides is 3. The van der Waals surface area contributed by atoms with Crippen LogP contribution in [-0.2, 0) is 6.18 Å². The lowest BCUT2D eigenvalue weighted by atomic mass is 10.0. The predicted octanol–water partition coefficient (Wildman–Crippen LogP) is 6.42. The molecule has 0 spiro atoms. The lowest BCUT2D eigenvalue weighted by molar-refractivity contribution is -0.137. The molecule has 5 rings (SSSR count). The van der Waals surface area contributed by atoms with Crippen LogP contribution in [-0.4, -0.2) is 15.5 Å². The predicted molar refractivity (Wildman–Crippen MR) is 135 cm³/mol. The minimum absolute atomic E-state index is 0.303. The fraction of sp³-hybridized carbons (Fsp3) is 0.148. The molecule has 1 atom stereocenters. The highest BCUT2D eigenvalue weighted by Crippen LogP contribution is 2.33. The van der Waals surface area contributed by atoms with E-state index in [2.05, 4.69) is 10.3 Å². The molecular formula is C27H20F3N3O2S. The smallest absolute Gasteiger partial charge is 0.344 e. The molecular weight excluding hydrogens is 487 g/mol. The first-order valence-corrected chi connectivity index (χ1v) is 12.0. The maximum atomic E-state index is 13.5. The number of amides is 1. The van der Waals surface area contributed by atoms with Gasteiger partial charge < -0.3 is 5.32 Å². The average molecular weight is 508 g/mol. The highest BCUT2D eigenvalue weighted by atomic mass is 32.1. The number of hydrogen-bond donors (Lipinski definition) is 1. The molecule has 0 fully saturated rings. The number of carbonyl (C=O) groups is 1. The van der Waals surface area contributed by atoms with E-state index in [-0.39, 0.29) is 17.5 Å². The van der Waals surface area contributed by atoms with Crippen molar-refractivity contribution < 1.29 is 18.0 Å². The van der Waals surface area contributed by atoms with Crippen molar-refractivity contribution in [3.05, 3.63) is 104 Å². The first-order valence-electron chi connectivity index (χ1n) is 11.1. The lowest BCUT2D eigenvalue weighted by Gasteiger charge is -2.16. The monoisotopic (exact) mass is 507 g/mol. The minimum Gasteiger partial charge on any atom is -0.344 e. The van der Waals surface area contributed by atoms with Crippen LogP contribution in [0.4, 0.5) is 13.2 Å². The fourth-order valence-electron chi connectivity index (χ4n) is 4.27. The number of aryl methyl sites for hydroxylation is 1. The van der Waals surface area contributed by atoms with Crippen LogP contribution >= 0.6 is 11.3 Å². The van der Waals surface area contributed by atoms with Gasteiger partial charge >= 0.3 is 6.18 Å². The topological polar surface area (TPSA) is 64.0 Å². The maximum Gasteiger partial charge on any atom is 0.416 e. The Morgan fingerprint density at radius 3 is 2.47 bits per heavy atom. The Bertz CT molecular complexity index is 1660. The van der Waals surface area contributed by atoms with Crippen molar-refractivity contribution in [3.63, 3.8) is 0 Å². The van der Waals surface area contributed by atoms with Gasteiger partial charge in [0.05, 0.1) is 28.2 Å². The number of fused-ring (bicyclic) bond motifs is 3. The number of benzene rings is 2. The Morgan fingerprint density at radius 1 is 1.06 bits per heavy atom. The molecule has 182 valence electrons. The van der Waals surface area contributed by atoms with Crippen LogP contribution in [0.15, 0.2) is 77.0 Å². The van der Waals surface area contributed by atoms with Crippen molar-refractivity contribution in [3.8, 4) is 5.69 Å². The molecule has 0 unspecified atom stereocenters. The van der Waals surface area contributed by atoms with Crippen molar-refractivity contribution in [2.24, 2.45) is 0 Å². The zero-order valence-electron chi connectivity index (χ0n) is 19.3. The third-order valence-electron chi connectivity index (χ3n) is 6.11. The van der Waals surface area contributed by atoms with Gasteiger partial charge in [0.15, 0.2) is 0 Å². The summed E-state index contributed by atoms with van der Waals surface area (Å²) in [5.41, 5.74) is 0.812. The molecule has 0 aliphatic carbocycles. The second-order valence-corrected chi connectivity index (χ2v) is 9.53. The molecule has 5 nitrogen and oxygen atoms in total. The molecule has 36 heavy (non-hydrogen) atoms. The van der Waals surface area contributed by atoms with Crippen LogP contribution < -0.4 is 10.9 Å². The Labute approximate surface area is 207 Å². The van der Waals surface area contributed by atoms with E-state index in [1.165, 1.54) is 28.0 Å². The number of thiophene rings is 1. The van der Waals surface area contributed by atoms with E-state index < -0.39 is 11.7 Å². The molecule has 3 heterocycles. The van der Waals surface area contributed by atoms with Gasteiger partial charge in [0.2, 0.25) is 0 Å². The summed E-state index contributed by atoms with van der Waals surface area (Å²) in [7, 11) is 0. The third-order valence-corrected chi connectivity index (χ3v) is 7.02.